The number of nitrogens with two attached hydrogens (primary N) is 2. The van der Waals surface area contributed by atoms with Gasteiger partial charge < -0.3 is 21.9 Å². The monoisotopic (exact) mass is 486 g/mol. The average Bonchev–Trinajstić information content (AvgIpc) is 2.81. The highest BCUT2D eigenvalue weighted by atomic mass is 32.2. The number of benzene rings is 1. The molecule has 2 aromatic heterocycles. The van der Waals surface area contributed by atoms with Gasteiger partial charge >= 0.3 is 5.97 Å². The number of carboxylic acid groups (broad SMARTS) is 1. The summed E-state index contributed by atoms with van der Waals surface area (Å²) in [6, 6.07) is 11.7. The molecular weight excluding hydrogens is 464 g/mol. The van der Waals surface area contributed by atoms with E-state index in [1.54, 1.807) is 18.2 Å². The molecule has 0 aliphatic carbocycles. The maximum absolute atomic E-state index is 12.8. The number of nitrogens with zero attached hydrogens (tertiary/aromatic N) is 2. The van der Waals surface area contributed by atoms with Crippen LogP contribution in [-0.2, 0) is 21.4 Å². The number of carbonyl (C=O) groups is 2. The molecule has 34 heavy (non-hydrogen) atoms. The summed E-state index contributed by atoms with van der Waals surface area (Å²) in [5.74, 6) is -2.48. The third-order valence-corrected chi connectivity index (χ3v) is 6.20. The molecule has 0 aliphatic heterocycles. The Balaban J connectivity index is 1.79. The van der Waals surface area contributed by atoms with Crippen molar-refractivity contribution in [3.8, 4) is 0 Å². The molecule has 1 atom stereocenters. The molecule has 0 radical (unpaired) electrons. The zero-order valence-corrected chi connectivity index (χ0v) is 18.5. The molecule has 7 N–H and O–H groups in total. The molecule has 12 nitrogen and oxygen atoms in total. The number of sulfonamides is 1. The van der Waals surface area contributed by atoms with Gasteiger partial charge in [0.25, 0.3) is 11.5 Å². The summed E-state index contributed by atoms with van der Waals surface area (Å²) in [7, 11) is -4.15. The van der Waals surface area contributed by atoms with E-state index in [2.05, 4.69) is 10.3 Å². The third-order valence-electron chi connectivity index (χ3n) is 4.72. The number of amides is 1. The van der Waals surface area contributed by atoms with Crippen LogP contribution in [0.1, 0.15) is 15.9 Å². The van der Waals surface area contributed by atoms with Crippen molar-refractivity contribution < 1.29 is 23.1 Å². The number of hydrogen-bond donors (Lipinski definition) is 5. The van der Waals surface area contributed by atoms with E-state index in [4.69, 9.17) is 11.5 Å². The van der Waals surface area contributed by atoms with Gasteiger partial charge in [0.15, 0.2) is 5.96 Å². The molecule has 0 saturated carbocycles. The molecule has 0 spiro atoms. The van der Waals surface area contributed by atoms with Crippen LogP contribution < -0.4 is 27.1 Å². The van der Waals surface area contributed by atoms with Gasteiger partial charge in [0.05, 0.1) is 11.4 Å². The van der Waals surface area contributed by atoms with Gasteiger partial charge in [-0.3, -0.25) is 18.8 Å². The Kier molecular flexibility index (Phi) is 7.28. The van der Waals surface area contributed by atoms with Gasteiger partial charge in [-0.25, -0.2) is 13.4 Å². The highest BCUT2D eigenvalue weighted by Crippen LogP contribution is 2.09. The summed E-state index contributed by atoms with van der Waals surface area (Å²) in [5, 5.41) is 11.7. The van der Waals surface area contributed by atoms with Crippen molar-refractivity contribution in [2.24, 2.45) is 16.5 Å². The minimum Gasteiger partial charge on any atom is -0.480 e. The minimum absolute atomic E-state index is 0.114. The van der Waals surface area contributed by atoms with Crippen molar-refractivity contribution in [2.45, 2.75) is 17.5 Å². The molecule has 3 rings (SSSR count). The Labute approximate surface area is 194 Å². The van der Waals surface area contributed by atoms with Crippen molar-refractivity contribution in [3.05, 3.63) is 82.3 Å². The Morgan fingerprint density at radius 3 is 2.38 bits per heavy atom. The first-order valence-electron chi connectivity index (χ1n) is 9.86. The van der Waals surface area contributed by atoms with E-state index in [-0.39, 0.29) is 23.0 Å². The Morgan fingerprint density at radius 1 is 1.06 bits per heavy atom. The third kappa shape index (κ3) is 5.76. The number of nitrogens with one attached hydrogen (secondary N) is 2. The summed E-state index contributed by atoms with van der Waals surface area (Å²) in [6.45, 7) is -0.462. The number of carboxylic acids is 1. The van der Waals surface area contributed by atoms with Gasteiger partial charge in [-0.2, -0.15) is 4.72 Å². The van der Waals surface area contributed by atoms with Crippen LogP contribution in [0.2, 0.25) is 0 Å². The zero-order chi connectivity index (χ0) is 24.9. The van der Waals surface area contributed by atoms with Gasteiger partial charge in [-0.1, -0.05) is 24.3 Å². The van der Waals surface area contributed by atoms with Crippen molar-refractivity contribution in [2.75, 3.05) is 6.54 Å². The van der Waals surface area contributed by atoms with Crippen LogP contribution in [0.15, 0.2) is 75.5 Å². The van der Waals surface area contributed by atoms with Crippen LogP contribution in [0.3, 0.4) is 0 Å². The van der Waals surface area contributed by atoms with Crippen molar-refractivity contribution >= 4 is 33.4 Å². The number of aliphatic imine (C=N–C) groups is 1. The number of pyridine rings is 2. The molecule has 13 heteroatoms. The van der Waals surface area contributed by atoms with Crippen LogP contribution in [0.4, 0.5) is 0 Å². The van der Waals surface area contributed by atoms with E-state index in [0.29, 0.717) is 11.1 Å². The number of fused-ring (bicyclic) bond motifs is 1. The average molecular weight is 487 g/mol. The van der Waals surface area contributed by atoms with Crippen LogP contribution in [0.25, 0.3) is 5.52 Å². The second kappa shape index (κ2) is 10.1. The first-order valence-corrected chi connectivity index (χ1v) is 11.3. The fourth-order valence-electron chi connectivity index (χ4n) is 3.01. The van der Waals surface area contributed by atoms with Gasteiger partial charge in [-0.15, -0.1) is 0 Å². The minimum atomic E-state index is -4.15. The summed E-state index contributed by atoms with van der Waals surface area (Å²) >= 11 is 0. The lowest BCUT2D eigenvalue weighted by molar-refractivity contribution is -0.138. The number of carbonyl (C=O) groups excluding carboxylic acids is 1. The molecule has 1 amide bonds. The number of aromatic nitrogens is 1. The van der Waals surface area contributed by atoms with E-state index < -0.39 is 40.0 Å². The van der Waals surface area contributed by atoms with E-state index in [1.807, 2.05) is 4.72 Å². The summed E-state index contributed by atoms with van der Waals surface area (Å²) < 4.78 is 28.1. The van der Waals surface area contributed by atoms with Gasteiger partial charge in [0.1, 0.15) is 11.6 Å². The lowest BCUT2D eigenvalue weighted by Gasteiger charge is -2.15. The first-order chi connectivity index (χ1) is 16.1. The van der Waals surface area contributed by atoms with E-state index in [1.165, 1.54) is 47.0 Å². The second-order valence-corrected chi connectivity index (χ2v) is 8.87. The number of guanidine groups is 1. The predicted molar refractivity (Wildman–Crippen MR) is 124 cm³/mol. The van der Waals surface area contributed by atoms with Gasteiger partial charge in [0.2, 0.25) is 10.0 Å². The van der Waals surface area contributed by atoms with Crippen molar-refractivity contribution in [1.82, 2.24) is 14.4 Å². The quantitative estimate of drug-likeness (QED) is 0.192. The zero-order valence-electron chi connectivity index (χ0n) is 17.7. The van der Waals surface area contributed by atoms with Crippen molar-refractivity contribution in [3.63, 3.8) is 0 Å². The smallest absolute Gasteiger partial charge is 0.323 e. The van der Waals surface area contributed by atoms with Gasteiger partial charge in [0, 0.05) is 18.3 Å². The SMILES string of the molecule is NC(N)=NCc1ccc2ccc(C(=O)NCC(NS(=O)(=O)c3ccccc3)C(=O)O)c(=O)n2c1. The number of rotatable bonds is 9. The first kappa shape index (κ1) is 24.4. The largest absolute Gasteiger partial charge is 0.480 e. The number of hydrogen-bond acceptors (Lipinski definition) is 6. The maximum atomic E-state index is 12.8. The molecule has 178 valence electrons. The summed E-state index contributed by atoms with van der Waals surface area (Å²) in [6.07, 6.45) is 1.48. The topological polar surface area (TPSA) is 198 Å². The molecule has 1 unspecified atom stereocenters. The van der Waals surface area contributed by atoms with E-state index in [9.17, 15) is 27.9 Å². The molecule has 0 fully saturated rings. The molecular formula is C21H22N6O6S. The Bertz CT molecular complexity index is 1410. The normalized spacial score (nSPS) is 12.1. The van der Waals surface area contributed by atoms with Crippen LogP contribution in [0.5, 0.6) is 0 Å². The van der Waals surface area contributed by atoms with Crippen molar-refractivity contribution in [1.29, 1.82) is 0 Å². The van der Waals surface area contributed by atoms with E-state index >= 15 is 0 Å². The van der Waals surface area contributed by atoms with E-state index in [0.717, 1.165) is 0 Å². The van der Waals surface area contributed by atoms with Gasteiger partial charge in [-0.05, 0) is 35.9 Å². The molecule has 1 aromatic carbocycles. The maximum Gasteiger partial charge on any atom is 0.323 e. The predicted octanol–water partition coefficient (Wildman–Crippen LogP) is -0.766. The fourth-order valence-corrected chi connectivity index (χ4v) is 4.22. The Hall–Kier alpha value is -4.23. The highest BCUT2D eigenvalue weighted by molar-refractivity contribution is 7.89. The fraction of sp³-hybridized carbons (Fsp3) is 0.143. The lowest BCUT2D eigenvalue weighted by atomic mass is 10.2. The highest BCUT2D eigenvalue weighted by Gasteiger charge is 2.26. The molecule has 0 saturated heterocycles. The lowest BCUT2D eigenvalue weighted by Crippen LogP contribution is -2.48. The molecule has 0 bridgehead atoms. The summed E-state index contributed by atoms with van der Waals surface area (Å²) in [4.78, 5) is 40.8. The number of aliphatic carboxylic acids is 1. The van der Waals surface area contributed by atoms with Crippen LogP contribution in [0, 0.1) is 0 Å². The summed E-state index contributed by atoms with van der Waals surface area (Å²) in [5.41, 5.74) is 10.8. The second-order valence-electron chi connectivity index (χ2n) is 7.16. The van der Waals surface area contributed by atoms with Crippen LogP contribution in [-0.4, -0.2) is 48.3 Å². The molecule has 2 heterocycles. The standard InChI is InChI=1S/C21H22N6O6S/c22-21(23)25-10-13-6-7-14-8-9-16(19(29)27(14)12-13)18(28)24-11-17(20(30)31)26-34(32,33)15-4-2-1-3-5-15/h1-9,12,17,26H,10-11H2,(H,24,28)(H,30,31)(H4,22,23,25). The molecule has 3 aromatic rings. The molecule has 0 aliphatic rings. The Morgan fingerprint density at radius 2 is 1.74 bits per heavy atom. The van der Waals surface area contributed by atoms with Crippen LogP contribution >= 0.6 is 0 Å².